The summed E-state index contributed by atoms with van der Waals surface area (Å²) in [6, 6.07) is 9.27. The molecule has 0 atom stereocenters. The lowest BCUT2D eigenvalue weighted by molar-refractivity contribution is 0.102. The number of aromatic nitrogens is 2. The maximum Gasteiger partial charge on any atom is 0.322 e. The van der Waals surface area contributed by atoms with Gasteiger partial charge < -0.3 is 4.42 Å². The summed E-state index contributed by atoms with van der Waals surface area (Å²) in [5.74, 6) is -0.242. The number of hydrogen-bond acceptors (Lipinski definition) is 7. The second kappa shape index (κ2) is 7.18. The van der Waals surface area contributed by atoms with E-state index in [1.165, 1.54) is 12.1 Å². The summed E-state index contributed by atoms with van der Waals surface area (Å²) >= 11 is 6.93. The molecule has 0 aliphatic heterocycles. The molecule has 0 spiro atoms. The van der Waals surface area contributed by atoms with Crippen molar-refractivity contribution in [2.45, 2.75) is 24.0 Å². The van der Waals surface area contributed by atoms with Gasteiger partial charge in [-0.25, -0.2) is 8.42 Å². The first-order valence-corrected chi connectivity index (χ1v) is 10.3. The fraction of sp³-hybridized carbons (Fsp3) is 0.188. The van der Waals surface area contributed by atoms with E-state index < -0.39 is 21.0 Å². The SMILES string of the molecule is CC(C)S(=O)(=O)c1ccc(-c2nnc(NC(=O)c3ccc(Cl)s3)o2)cc1. The normalized spacial score (nSPS) is 11.7. The van der Waals surface area contributed by atoms with E-state index in [-0.39, 0.29) is 16.8 Å². The Bertz CT molecular complexity index is 1040. The predicted molar refractivity (Wildman–Crippen MR) is 99.3 cm³/mol. The van der Waals surface area contributed by atoms with Crippen LogP contribution in [0.2, 0.25) is 4.34 Å². The summed E-state index contributed by atoms with van der Waals surface area (Å²) in [5.41, 5.74) is 0.542. The van der Waals surface area contributed by atoms with Crippen LogP contribution in [0.15, 0.2) is 45.7 Å². The summed E-state index contributed by atoms with van der Waals surface area (Å²) in [4.78, 5) is 12.7. The van der Waals surface area contributed by atoms with Gasteiger partial charge in [0.05, 0.1) is 19.4 Å². The number of rotatable bonds is 5. The third-order valence-electron chi connectivity index (χ3n) is 3.49. The van der Waals surface area contributed by atoms with Gasteiger partial charge in [-0.05, 0) is 50.2 Å². The zero-order valence-electron chi connectivity index (χ0n) is 13.8. The van der Waals surface area contributed by atoms with Crippen molar-refractivity contribution < 1.29 is 17.6 Å². The zero-order valence-corrected chi connectivity index (χ0v) is 16.2. The largest absolute Gasteiger partial charge is 0.403 e. The molecular formula is C16H14ClN3O4S2. The van der Waals surface area contributed by atoms with Gasteiger partial charge in [0.15, 0.2) is 9.84 Å². The average molecular weight is 412 g/mol. The summed E-state index contributed by atoms with van der Waals surface area (Å²) < 4.78 is 30.2. The van der Waals surface area contributed by atoms with Gasteiger partial charge in [0, 0.05) is 5.56 Å². The third kappa shape index (κ3) is 3.79. The molecule has 1 N–H and O–H groups in total. The van der Waals surface area contributed by atoms with Crippen LogP contribution in [0, 0.1) is 0 Å². The fourth-order valence-electron chi connectivity index (χ4n) is 2.04. The lowest BCUT2D eigenvalue weighted by Gasteiger charge is -2.07. The number of hydrogen-bond donors (Lipinski definition) is 1. The number of carbonyl (C=O) groups excluding carboxylic acids is 1. The van der Waals surface area contributed by atoms with Crippen molar-refractivity contribution in [2.24, 2.45) is 0 Å². The highest BCUT2D eigenvalue weighted by molar-refractivity contribution is 7.92. The molecule has 1 amide bonds. The number of nitrogens with zero attached hydrogens (tertiary/aromatic N) is 2. The highest BCUT2D eigenvalue weighted by atomic mass is 35.5. The molecule has 0 radical (unpaired) electrons. The lowest BCUT2D eigenvalue weighted by Crippen LogP contribution is -2.13. The lowest BCUT2D eigenvalue weighted by atomic mass is 10.2. The van der Waals surface area contributed by atoms with E-state index in [1.807, 2.05) is 0 Å². The van der Waals surface area contributed by atoms with Crippen LogP contribution in [-0.4, -0.2) is 29.8 Å². The first kappa shape index (κ1) is 18.6. The van der Waals surface area contributed by atoms with E-state index in [0.717, 1.165) is 11.3 Å². The van der Waals surface area contributed by atoms with Crippen LogP contribution < -0.4 is 5.32 Å². The van der Waals surface area contributed by atoms with Crippen molar-refractivity contribution in [3.63, 3.8) is 0 Å². The molecule has 0 aliphatic rings. The van der Waals surface area contributed by atoms with E-state index in [9.17, 15) is 13.2 Å². The minimum atomic E-state index is -3.35. The van der Waals surface area contributed by atoms with Gasteiger partial charge in [-0.15, -0.1) is 16.4 Å². The number of halogens is 1. The Kier molecular flexibility index (Phi) is 5.12. The van der Waals surface area contributed by atoms with Gasteiger partial charge in [-0.2, -0.15) is 0 Å². The maximum atomic E-state index is 12.1. The highest BCUT2D eigenvalue weighted by Crippen LogP contribution is 2.25. The molecule has 136 valence electrons. The van der Waals surface area contributed by atoms with Crippen molar-refractivity contribution in [2.75, 3.05) is 5.32 Å². The number of benzene rings is 1. The number of anilines is 1. The quantitative estimate of drug-likeness (QED) is 0.683. The smallest absolute Gasteiger partial charge is 0.322 e. The van der Waals surface area contributed by atoms with Gasteiger partial charge >= 0.3 is 6.01 Å². The van der Waals surface area contributed by atoms with Crippen LogP contribution in [0.3, 0.4) is 0 Å². The van der Waals surface area contributed by atoms with Gasteiger partial charge in [0.25, 0.3) is 5.91 Å². The van der Waals surface area contributed by atoms with Crippen LogP contribution in [0.4, 0.5) is 6.01 Å². The molecule has 26 heavy (non-hydrogen) atoms. The minimum absolute atomic E-state index is 0.0617. The van der Waals surface area contributed by atoms with Gasteiger partial charge in [-0.1, -0.05) is 16.7 Å². The highest BCUT2D eigenvalue weighted by Gasteiger charge is 2.20. The number of thiophene rings is 1. The monoisotopic (exact) mass is 411 g/mol. The molecule has 0 fully saturated rings. The molecule has 10 heteroatoms. The first-order valence-electron chi connectivity index (χ1n) is 7.52. The van der Waals surface area contributed by atoms with E-state index in [4.69, 9.17) is 16.0 Å². The number of carbonyl (C=O) groups is 1. The standard InChI is InChI=1S/C16H14ClN3O4S2/c1-9(2)26(22,23)11-5-3-10(4-6-11)15-19-20-16(24-15)18-14(21)12-7-8-13(17)25-12/h3-9H,1-2H3,(H,18,20,21). The molecule has 1 aromatic carbocycles. The van der Waals surface area contributed by atoms with Crippen molar-refractivity contribution in [3.05, 3.63) is 45.6 Å². The zero-order chi connectivity index (χ0) is 18.9. The molecule has 0 saturated heterocycles. The van der Waals surface area contributed by atoms with E-state index in [0.29, 0.717) is 14.8 Å². The Morgan fingerprint density at radius 2 is 1.85 bits per heavy atom. The molecule has 2 heterocycles. The Hall–Kier alpha value is -2.23. The van der Waals surface area contributed by atoms with E-state index in [2.05, 4.69) is 15.5 Å². The molecule has 0 saturated carbocycles. The molecule has 3 rings (SSSR count). The Balaban J connectivity index is 1.76. The van der Waals surface area contributed by atoms with Crippen LogP contribution in [0.25, 0.3) is 11.5 Å². The minimum Gasteiger partial charge on any atom is -0.403 e. The third-order valence-corrected chi connectivity index (χ3v) is 6.89. The van der Waals surface area contributed by atoms with Crippen molar-refractivity contribution >= 4 is 44.7 Å². The van der Waals surface area contributed by atoms with Gasteiger partial charge in [0.2, 0.25) is 5.89 Å². The fourth-order valence-corrected chi connectivity index (χ4v) is 4.04. The van der Waals surface area contributed by atoms with Crippen LogP contribution >= 0.6 is 22.9 Å². The Morgan fingerprint density at radius 3 is 2.42 bits per heavy atom. The van der Waals surface area contributed by atoms with Crippen LogP contribution in [-0.2, 0) is 9.84 Å². The first-order chi connectivity index (χ1) is 12.3. The summed E-state index contributed by atoms with van der Waals surface area (Å²) in [5, 5.41) is 9.61. The van der Waals surface area contributed by atoms with Crippen molar-refractivity contribution in [1.82, 2.24) is 10.2 Å². The van der Waals surface area contributed by atoms with Gasteiger partial charge in [0.1, 0.15) is 0 Å². The molecule has 2 aromatic heterocycles. The number of nitrogens with one attached hydrogen (secondary N) is 1. The van der Waals surface area contributed by atoms with E-state index in [1.54, 1.807) is 38.1 Å². The van der Waals surface area contributed by atoms with Crippen molar-refractivity contribution in [1.29, 1.82) is 0 Å². The summed E-state index contributed by atoms with van der Waals surface area (Å²) in [7, 11) is -3.35. The molecule has 0 bridgehead atoms. The molecule has 7 nitrogen and oxygen atoms in total. The summed E-state index contributed by atoms with van der Waals surface area (Å²) in [6.45, 7) is 3.24. The molecule has 3 aromatic rings. The topological polar surface area (TPSA) is 102 Å². The Morgan fingerprint density at radius 1 is 1.15 bits per heavy atom. The number of sulfone groups is 1. The summed E-state index contributed by atoms with van der Waals surface area (Å²) in [6.07, 6.45) is 0. The predicted octanol–water partition coefficient (Wildman–Crippen LogP) is 3.89. The second-order valence-electron chi connectivity index (χ2n) is 5.59. The van der Waals surface area contributed by atoms with Crippen LogP contribution in [0.1, 0.15) is 23.5 Å². The molecule has 0 aliphatic carbocycles. The second-order valence-corrected chi connectivity index (χ2v) is 9.81. The van der Waals surface area contributed by atoms with Crippen LogP contribution in [0.5, 0.6) is 0 Å². The average Bonchev–Trinajstić information content (AvgIpc) is 3.24. The number of amides is 1. The van der Waals surface area contributed by atoms with Gasteiger partial charge in [-0.3, -0.25) is 10.1 Å². The molecule has 0 unspecified atom stereocenters. The molecular weight excluding hydrogens is 398 g/mol. The Labute approximate surface area is 158 Å². The maximum absolute atomic E-state index is 12.1. The van der Waals surface area contributed by atoms with E-state index >= 15 is 0 Å². The van der Waals surface area contributed by atoms with Crippen molar-refractivity contribution in [3.8, 4) is 11.5 Å².